The quantitative estimate of drug-likeness (QED) is 0.479. The number of nitrogens with zero attached hydrogens (tertiary/aromatic N) is 3. The van der Waals surface area contributed by atoms with Crippen LogP contribution in [-0.2, 0) is 12.6 Å². The summed E-state index contributed by atoms with van der Waals surface area (Å²) >= 11 is 6.34. The zero-order chi connectivity index (χ0) is 26.5. The van der Waals surface area contributed by atoms with Crippen LogP contribution in [0.1, 0.15) is 34.0 Å². The van der Waals surface area contributed by atoms with Crippen LogP contribution in [0.5, 0.6) is 5.88 Å². The summed E-state index contributed by atoms with van der Waals surface area (Å²) < 4.78 is 71.5. The van der Waals surface area contributed by atoms with Crippen molar-refractivity contribution < 1.29 is 27.1 Å². The maximum Gasteiger partial charge on any atom is 0.416 e. The molecule has 2 N–H and O–H groups in total. The molecule has 3 heterocycles. The van der Waals surface area contributed by atoms with Crippen LogP contribution in [0, 0.1) is 0 Å². The number of hydrogen-bond acceptors (Lipinski definition) is 6. The van der Waals surface area contributed by atoms with Crippen molar-refractivity contribution in [3.8, 4) is 5.88 Å². The molecule has 1 atom stereocenters. The fraction of sp³-hybridized carbons (Fsp3) is 0.292. The highest BCUT2D eigenvalue weighted by atomic mass is 35.5. The maximum absolute atomic E-state index is 14.7. The third kappa shape index (κ3) is 4.80. The Morgan fingerprint density at radius 2 is 2.03 bits per heavy atom. The summed E-state index contributed by atoms with van der Waals surface area (Å²) in [7, 11) is 0. The van der Waals surface area contributed by atoms with Crippen molar-refractivity contribution in [1.82, 2.24) is 9.88 Å². The van der Waals surface area contributed by atoms with Crippen LogP contribution in [0.2, 0.25) is 5.02 Å². The van der Waals surface area contributed by atoms with Gasteiger partial charge in [0, 0.05) is 17.0 Å². The molecule has 0 amide bonds. The van der Waals surface area contributed by atoms with Crippen molar-refractivity contribution in [1.29, 1.82) is 0 Å². The van der Waals surface area contributed by atoms with Gasteiger partial charge in [0.25, 0.3) is 5.92 Å². The first kappa shape index (κ1) is 25.6. The zero-order valence-corrected chi connectivity index (χ0v) is 20.4. The summed E-state index contributed by atoms with van der Waals surface area (Å²) in [6.07, 6.45) is -3.75. The minimum Gasteiger partial charge on any atom is -0.493 e. The first-order chi connectivity index (χ1) is 17.5. The van der Waals surface area contributed by atoms with Gasteiger partial charge >= 0.3 is 11.0 Å². The molecular weight excluding hydrogens is 539 g/mol. The fourth-order valence-electron chi connectivity index (χ4n) is 4.55. The van der Waals surface area contributed by atoms with Gasteiger partial charge in [0.1, 0.15) is 6.04 Å². The van der Waals surface area contributed by atoms with Crippen molar-refractivity contribution in [2.24, 2.45) is 10.2 Å². The normalized spacial score (nSPS) is 19.5. The molecular formula is C24H18ClF5N4O2S. The summed E-state index contributed by atoms with van der Waals surface area (Å²) in [5.74, 6) is -4.03. The van der Waals surface area contributed by atoms with Gasteiger partial charge in [-0.25, -0.2) is 8.78 Å². The lowest BCUT2D eigenvalue weighted by atomic mass is 9.96. The number of nitrogens with one attached hydrogen (secondary N) is 1. The van der Waals surface area contributed by atoms with Crippen LogP contribution in [0.4, 0.5) is 22.0 Å². The van der Waals surface area contributed by atoms with E-state index in [1.165, 1.54) is 18.3 Å². The van der Waals surface area contributed by atoms with E-state index in [1.54, 1.807) is 18.2 Å². The topological polar surface area (TPSA) is 79.0 Å². The summed E-state index contributed by atoms with van der Waals surface area (Å²) in [4.78, 5) is 12.0. The summed E-state index contributed by atoms with van der Waals surface area (Å²) in [5, 5.41) is 22.2. The molecule has 0 radical (unpaired) electrons. The molecule has 37 heavy (non-hydrogen) atoms. The van der Waals surface area contributed by atoms with Crippen molar-refractivity contribution >= 4 is 34.7 Å². The Morgan fingerprint density at radius 3 is 2.76 bits per heavy atom. The van der Waals surface area contributed by atoms with E-state index in [0.29, 0.717) is 32.0 Å². The molecule has 5 rings (SSSR count). The Balaban J connectivity index is 1.73. The number of alkyl halides is 5. The van der Waals surface area contributed by atoms with Crippen LogP contribution in [0.3, 0.4) is 0 Å². The average molecular weight is 557 g/mol. The zero-order valence-electron chi connectivity index (χ0n) is 18.8. The largest absolute Gasteiger partial charge is 0.493 e. The second-order valence-corrected chi connectivity index (χ2v) is 10.1. The maximum atomic E-state index is 14.7. The minimum absolute atomic E-state index is 0.0887. The Morgan fingerprint density at radius 1 is 1.24 bits per heavy atom. The van der Waals surface area contributed by atoms with E-state index in [-0.39, 0.29) is 40.4 Å². The van der Waals surface area contributed by atoms with Crippen molar-refractivity contribution in [3.05, 3.63) is 83.2 Å². The molecule has 1 unspecified atom stereocenters. The molecule has 0 bridgehead atoms. The van der Waals surface area contributed by atoms with E-state index in [4.69, 9.17) is 11.6 Å². The van der Waals surface area contributed by atoms with Gasteiger partial charge < -0.3 is 10.4 Å². The number of rotatable bonds is 4. The molecule has 1 saturated heterocycles. The number of benzene rings is 2. The molecule has 0 spiro atoms. The molecule has 2 aliphatic heterocycles. The molecule has 2 aliphatic rings. The molecule has 1 aromatic heterocycles. The highest BCUT2D eigenvalue weighted by Crippen LogP contribution is 2.40. The summed E-state index contributed by atoms with van der Waals surface area (Å²) in [6.45, 7) is -0.458. The highest BCUT2D eigenvalue weighted by molar-refractivity contribution is 7.10. The van der Waals surface area contributed by atoms with E-state index >= 15 is 0 Å². The number of aromatic nitrogens is 1. The Kier molecular flexibility index (Phi) is 6.45. The van der Waals surface area contributed by atoms with Gasteiger partial charge in [0.2, 0.25) is 5.88 Å². The van der Waals surface area contributed by atoms with Gasteiger partial charge in [-0.05, 0) is 53.6 Å². The number of piperidine rings is 1. The van der Waals surface area contributed by atoms with Gasteiger partial charge in [-0.15, -0.1) is 0 Å². The molecule has 1 fully saturated rings. The van der Waals surface area contributed by atoms with E-state index in [0.717, 1.165) is 6.07 Å². The molecule has 13 heteroatoms. The van der Waals surface area contributed by atoms with Crippen LogP contribution in [0.25, 0.3) is 5.57 Å². The first-order valence-corrected chi connectivity index (χ1v) is 12.3. The fourth-order valence-corrected chi connectivity index (χ4v) is 5.71. The predicted octanol–water partition coefficient (Wildman–Crippen LogP) is 3.87. The summed E-state index contributed by atoms with van der Waals surface area (Å²) in [6, 6.07) is 6.51. The van der Waals surface area contributed by atoms with Gasteiger partial charge in [0.05, 0.1) is 28.6 Å². The second kappa shape index (κ2) is 9.34. The van der Waals surface area contributed by atoms with Gasteiger partial charge in [-0.2, -0.15) is 23.4 Å². The molecule has 6 nitrogen and oxygen atoms in total. The Bertz CT molecular complexity index is 1600. The summed E-state index contributed by atoms with van der Waals surface area (Å²) in [5.41, 5.74) is -0.402. The van der Waals surface area contributed by atoms with Crippen molar-refractivity contribution in [3.63, 3.8) is 0 Å². The van der Waals surface area contributed by atoms with Crippen molar-refractivity contribution in [2.45, 2.75) is 31.0 Å². The molecule has 2 aromatic carbocycles. The molecule has 194 valence electrons. The minimum atomic E-state index is -4.73. The molecule has 0 aliphatic carbocycles. The van der Waals surface area contributed by atoms with Gasteiger partial charge in [-0.3, -0.25) is 9.36 Å². The van der Waals surface area contributed by atoms with Gasteiger partial charge in [0.15, 0.2) is 0 Å². The van der Waals surface area contributed by atoms with Crippen LogP contribution < -0.4 is 20.8 Å². The number of thiazole rings is 1. The Labute approximate surface area is 215 Å². The molecule has 3 aromatic rings. The van der Waals surface area contributed by atoms with E-state index in [1.807, 2.05) is 0 Å². The monoisotopic (exact) mass is 556 g/mol. The first-order valence-electron chi connectivity index (χ1n) is 11.1. The lowest BCUT2D eigenvalue weighted by molar-refractivity contribution is -0.138. The van der Waals surface area contributed by atoms with E-state index < -0.39 is 41.0 Å². The third-order valence-electron chi connectivity index (χ3n) is 6.33. The third-order valence-corrected chi connectivity index (χ3v) is 7.57. The van der Waals surface area contributed by atoms with Gasteiger partial charge in [-0.1, -0.05) is 35.1 Å². The lowest BCUT2D eigenvalue weighted by Gasteiger charge is -2.32. The van der Waals surface area contributed by atoms with E-state index in [9.17, 15) is 31.9 Å². The number of fused-ring (bicyclic) bond motifs is 1. The standard InChI is InChI=1S/C24H18ClF5N4O2S/c25-15-3-1-13(17(9-15)24(28,29)30)8-16(12-2-4-18-14(7-12)10-32-33-18)20-21(35)34(22(36)37-20)19-5-6-31-11-23(19,26)27/h1-4,7,9-10,19,31,35H,5-6,8,11H2. The second-order valence-electron chi connectivity index (χ2n) is 8.71. The van der Waals surface area contributed by atoms with Crippen LogP contribution >= 0.6 is 22.9 Å². The Hall–Kier alpha value is -3.09. The number of halogens is 6. The lowest BCUT2D eigenvalue weighted by Crippen LogP contribution is -2.48. The molecule has 0 saturated carbocycles. The highest BCUT2D eigenvalue weighted by Gasteiger charge is 2.45. The predicted molar refractivity (Wildman–Crippen MR) is 129 cm³/mol. The number of hydrogen-bond donors (Lipinski definition) is 2. The van der Waals surface area contributed by atoms with Crippen molar-refractivity contribution in [2.75, 3.05) is 13.1 Å². The average Bonchev–Trinajstić information content (AvgIpc) is 3.41. The van der Waals surface area contributed by atoms with Crippen LogP contribution in [-0.4, -0.2) is 34.9 Å². The smallest absolute Gasteiger partial charge is 0.416 e. The SMILES string of the molecule is O=c1sc(C(Cc2ccc(Cl)cc2C(F)(F)F)=c2ccc3c(c2)C=NN=3)c(O)n1C1CCNCC1(F)F. The van der Waals surface area contributed by atoms with E-state index in [2.05, 4.69) is 15.5 Å². The van der Waals surface area contributed by atoms with Crippen LogP contribution in [0.15, 0.2) is 51.4 Å². The number of aromatic hydroxyl groups is 1.